The Morgan fingerprint density at radius 3 is 1.53 bits per heavy atom. The number of para-hydroxylation sites is 2. The van der Waals surface area contributed by atoms with Crippen LogP contribution in [0.15, 0.2) is 206 Å². The third-order valence-electron chi connectivity index (χ3n) is 11.0. The SMILES string of the molecule is c1ccc(-c2cc(-c3ccccc3)nc(-c3ccc(-c4ccc5c6c7c(-c8ccccc8)nc8ccccc8c7ccc6n(-c6ccccc6)c5c4)cc3)n2)cc1. The van der Waals surface area contributed by atoms with E-state index in [2.05, 4.69) is 174 Å². The van der Waals surface area contributed by atoms with Gasteiger partial charge >= 0.3 is 0 Å². The Labute approximate surface area is 330 Å². The molecule has 11 rings (SSSR count). The predicted molar refractivity (Wildman–Crippen MR) is 236 cm³/mol. The van der Waals surface area contributed by atoms with Crippen molar-refractivity contribution in [2.24, 2.45) is 0 Å². The fourth-order valence-electron chi connectivity index (χ4n) is 8.30. The zero-order valence-corrected chi connectivity index (χ0v) is 30.9. The van der Waals surface area contributed by atoms with Crippen LogP contribution in [0.4, 0.5) is 0 Å². The van der Waals surface area contributed by atoms with Crippen LogP contribution in [-0.2, 0) is 0 Å². The molecule has 11 aromatic rings. The lowest BCUT2D eigenvalue weighted by molar-refractivity contribution is 1.18. The molecular weight excluding hydrogens is 693 g/mol. The van der Waals surface area contributed by atoms with Crippen molar-refractivity contribution >= 4 is 43.5 Å². The number of fused-ring (bicyclic) bond motifs is 7. The minimum atomic E-state index is 0.698. The van der Waals surface area contributed by atoms with E-state index in [1.807, 2.05) is 36.4 Å². The normalized spacial score (nSPS) is 11.5. The van der Waals surface area contributed by atoms with Gasteiger partial charge in [-0.1, -0.05) is 170 Å². The van der Waals surface area contributed by atoms with Crippen LogP contribution < -0.4 is 0 Å². The molecule has 0 N–H and O–H groups in total. The van der Waals surface area contributed by atoms with Crippen LogP contribution in [-0.4, -0.2) is 19.5 Å². The van der Waals surface area contributed by atoms with Gasteiger partial charge in [0.15, 0.2) is 5.82 Å². The Morgan fingerprint density at radius 1 is 0.316 bits per heavy atom. The quantitative estimate of drug-likeness (QED) is 0.160. The number of benzene rings is 8. The molecule has 266 valence electrons. The molecular formula is C53H34N4. The van der Waals surface area contributed by atoms with E-state index in [9.17, 15) is 0 Å². The summed E-state index contributed by atoms with van der Waals surface area (Å²) in [5, 5.41) is 5.92. The summed E-state index contributed by atoms with van der Waals surface area (Å²) in [7, 11) is 0. The Hall–Kier alpha value is -7.69. The highest BCUT2D eigenvalue weighted by atomic mass is 15.0. The van der Waals surface area contributed by atoms with Gasteiger partial charge in [-0.3, -0.25) is 0 Å². The zero-order valence-electron chi connectivity index (χ0n) is 30.9. The van der Waals surface area contributed by atoms with E-state index >= 15 is 0 Å². The topological polar surface area (TPSA) is 43.6 Å². The van der Waals surface area contributed by atoms with E-state index in [1.54, 1.807) is 0 Å². The van der Waals surface area contributed by atoms with E-state index in [-0.39, 0.29) is 0 Å². The van der Waals surface area contributed by atoms with Gasteiger partial charge in [-0.2, -0.15) is 0 Å². The number of hydrogen-bond donors (Lipinski definition) is 0. The molecule has 0 amide bonds. The summed E-state index contributed by atoms with van der Waals surface area (Å²) in [5.41, 5.74) is 13.6. The monoisotopic (exact) mass is 726 g/mol. The lowest BCUT2D eigenvalue weighted by atomic mass is 9.95. The van der Waals surface area contributed by atoms with E-state index in [0.717, 1.165) is 78.1 Å². The Balaban J connectivity index is 1.10. The molecule has 57 heavy (non-hydrogen) atoms. The molecule has 0 spiro atoms. The maximum Gasteiger partial charge on any atom is 0.160 e. The second kappa shape index (κ2) is 13.6. The molecule has 0 radical (unpaired) electrons. The van der Waals surface area contributed by atoms with E-state index in [1.165, 1.54) is 21.5 Å². The van der Waals surface area contributed by atoms with E-state index in [0.29, 0.717) is 5.82 Å². The molecule has 0 aliphatic heterocycles. The summed E-state index contributed by atoms with van der Waals surface area (Å²) >= 11 is 0. The fourth-order valence-corrected chi connectivity index (χ4v) is 8.30. The molecule has 0 saturated heterocycles. The van der Waals surface area contributed by atoms with Crippen LogP contribution in [0, 0.1) is 0 Å². The minimum absolute atomic E-state index is 0.698. The number of hydrogen-bond acceptors (Lipinski definition) is 3. The lowest BCUT2D eigenvalue weighted by Crippen LogP contribution is -1.96. The van der Waals surface area contributed by atoms with Crippen molar-refractivity contribution in [1.82, 2.24) is 19.5 Å². The Kier molecular flexibility index (Phi) is 7.78. The first-order chi connectivity index (χ1) is 28.3. The Morgan fingerprint density at radius 2 is 0.860 bits per heavy atom. The molecule has 4 nitrogen and oxygen atoms in total. The van der Waals surface area contributed by atoms with Gasteiger partial charge in [0.1, 0.15) is 0 Å². The summed E-state index contributed by atoms with van der Waals surface area (Å²) < 4.78 is 2.40. The van der Waals surface area contributed by atoms with Gasteiger partial charge in [0.2, 0.25) is 0 Å². The van der Waals surface area contributed by atoms with Crippen molar-refractivity contribution in [2.45, 2.75) is 0 Å². The van der Waals surface area contributed by atoms with Crippen molar-refractivity contribution in [3.05, 3.63) is 206 Å². The first-order valence-electron chi connectivity index (χ1n) is 19.3. The second-order valence-corrected chi connectivity index (χ2v) is 14.4. The first-order valence-corrected chi connectivity index (χ1v) is 19.3. The van der Waals surface area contributed by atoms with Gasteiger partial charge in [-0.15, -0.1) is 0 Å². The third kappa shape index (κ3) is 5.66. The van der Waals surface area contributed by atoms with Crippen molar-refractivity contribution < 1.29 is 0 Å². The van der Waals surface area contributed by atoms with Gasteiger partial charge in [-0.05, 0) is 52.9 Å². The molecule has 0 unspecified atom stereocenters. The van der Waals surface area contributed by atoms with Crippen LogP contribution in [0.5, 0.6) is 0 Å². The summed E-state index contributed by atoms with van der Waals surface area (Å²) in [6.45, 7) is 0. The number of rotatable bonds is 6. The molecule has 0 bridgehead atoms. The smallest absolute Gasteiger partial charge is 0.160 e. The Bertz CT molecular complexity index is 3190. The maximum atomic E-state index is 5.34. The van der Waals surface area contributed by atoms with Crippen LogP contribution in [0.1, 0.15) is 0 Å². The first kappa shape index (κ1) is 32.7. The highest BCUT2D eigenvalue weighted by molar-refractivity contribution is 6.28. The fraction of sp³-hybridized carbons (Fsp3) is 0. The molecule has 3 heterocycles. The molecule has 0 aliphatic rings. The van der Waals surface area contributed by atoms with Crippen LogP contribution in [0.25, 0.3) is 105 Å². The average Bonchev–Trinajstić information content (AvgIpc) is 3.63. The lowest BCUT2D eigenvalue weighted by Gasteiger charge is -2.12. The predicted octanol–water partition coefficient (Wildman–Crippen LogP) is 13.6. The van der Waals surface area contributed by atoms with Gasteiger partial charge in [0.25, 0.3) is 0 Å². The van der Waals surface area contributed by atoms with Gasteiger partial charge in [0.05, 0.1) is 33.6 Å². The van der Waals surface area contributed by atoms with Crippen LogP contribution in [0.3, 0.4) is 0 Å². The number of nitrogens with zero attached hydrogens (tertiary/aromatic N) is 4. The van der Waals surface area contributed by atoms with Gasteiger partial charge < -0.3 is 4.57 Å². The molecule has 0 atom stereocenters. The van der Waals surface area contributed by atoms with Crippen LogP contribution >= 0.6 is 0 Å². The molecule has 0 saturated carbocycles. The molecule has 0 fully saturated rings. The number of pyridine rings is 1. The van der Waals surface area contributed by atoms with Crippen molar-refractivity contribution in [2.75, 3.05) is 0 Å². The van der Waals surface area contributed by atoms with Crippen molar-refractivity contribution in [3.8, 4) is 62.0 Å². The molecule has 0 aliphatic carbocycles. The summed E-state index contributed by atoms with van der Waals surface area (Å²) in [4.78, 5) is 15.5. The highest BCUT2D eigenvalue weighted by Crippen LogP contribution is 2.43. The van der Waals surface area contributed by atoms with Crippen molar-refractivity contribution in [3.63, 3.8) is 0 Å². The second-order valence-electron chi connectivity index (χ2n) is 14.4. The van der Waals surface area contributed by atoms with E-state index < -0.39 is 0 Å². The molecule has 8 aromatic carbocycles. The average molecular weight is 727 g/mol. The number of aromatic nitrogens is 4. The minimum Gasteiger partial charge on any atom is -0.309 e. The van der Waals surface area contributed by atoms with Gasteiger partial charge in [-0.25, -0.2) is 15.0 Å². The molecule has 3 aromatic heterocycles. The van der Waals surface area contributed by atoms with E-state index in [4.69, 9.17) is 15.0 Å². The van der Waals surface area contributed by atoms with Gasteiger partial charge in [0, 0.05) is 49.5 Å². The summed E-state index contributed by atoms with van der Waals surface area (Å²) in [6, 6.07) is 72.5. The van der Waals surface area contributed by atoms with Crippen LogP contribution in [0.2, 0.25) is 0 Å². The summed E-state index contributed by atoms with van der Waals surface area (Å²) in [6.07, 6.45) is 0. The zero-order chi connectivity index (χ0) is 37.7. The third-order valence-corrected chi connectivity index (χ3v) is 11.0. The standard InChI is InChI=1S/C53H34N4/c1-5-15-36(16-6-1)46-34-47(37-17-7-2-8-18-37)56-53(55-46)39-27-25-35(26-28-39)40-29-30-44-49(33-40)57(41-21-11-4-12-22-41)48-32-31-43-42-23-13-14-24-45(42)54-52(51(43)50(44)48)38-19-9-3-10-20-38/h1-34H. The maximum absolute atomic E-state index is 5.34. The largest absolute Gasteiger partial charge is 0.309 e. The van der Waals surface area contributed by atoms with Crippen molar-refractivity contribution in [1.29, 1.82) is 0 Å². The molecule has 4 heteroatoms. The highest BCUT2D eigenvalue weighted by Gasteiger charge is 2.20. The summed E-state index contributed by atoms with van der Waals surface area (Å²) in [5.74, 6) is 0.698.